The Kier molecular flexibility index (Phi) is 3.23. The number of thiocarbonyl (C=S) groups is 1. The molecule has 1 rings (SSSR count). The summed E-state index contributed by atoms with van der Waals surface area (Å²) in [6, 6.07) is 9.26. The lowest BCUT2D eigenvalue weighted by Crippen LogP contribution is -2.33. The number of nitrogens with one attached hydrogen (secondary N) is 1. The van der Waals surface area contributed by atoms with Crippen LogP contribution in [0.4, 0.5) is 5.69 Å². The Morgan fingerprint density at radius 3 is 2.54 bits per heavy atom. The highest BCUT2D eigenvalue weighted by atomic mass is 32.1. The van der Waals surface area contributed by atoms with Gasteiger partial charge in [-0.05, 0) is 24.4 Å². The highest BCUT2D eigenvalue weighted by Gasteiger charge is 2.07. The van der Waals surface area contributed by atoms with E-state index in [0.29, 0.717) is 5.11 Å². The van der Waals surface area contributed by atoms with Gasteiger partial charge in [0.25, 0.3) is 0 Å². The SMILES string of the molecule is CNC(=S)N(C#N)c1ccccc1. The fourth-order valence-electron chi connectivity index (χ4n) is 0.909. The first kappa shape index (κ1) is 9.49. The zero-order valence-corrected chi connectivity index (χ0v) is 8.01. The van der Waals surface area contributed by atoms with Crippen LogP contribution in [0.1, 0.15) is 0 Å². The lowest BCUT2D eigenvalue weighted by atomic mass is 10.3. The molecule has 0 saturated carbocycles. The Bertz CT molecular complexity index is 328. The number of hydrogen-bond donors (Lipinski definition) is 1. The summed E-state index contributed by atoms with van der Waals surface area (Å²) in [5, 5.41) is 12.0. The summed E-state index contributed by atoms with van der Waals surface area (Å²) < 4.78 is 0. The van der Waals surface area contributed by atoms with Crippen LogP contribution in [0.3, 0.4) is 0 Å². The quantitative estimate of drug-likeness (QED) is 0.414. The van der Waals surface area contributed by atoms with Crippen LogP contribution < -0.4 is 10.2 Å². The minimum absolute atomic E-state index is 0.397. The van der Waals surface area contributed by atoms with E-state index in [9.17, 15) is 0 Å². The van der Waals surface area contributed by atoms with Gasteiger partial charge in [-0.2, -0.15) is 5.26 Å². The second-order valence-corrected chi connectivity index (χ2v) is 2.71. The summed E-state index contributed by atoms with van der Waals surface area (Å²) in [6.45, 7) is 0. The monoisotopic (exact) mass is 191 g/mol. The first-order chi connectivity index (χ1) is 6.29. The maximum absolute atomic E-state index is 8.83. The van der Waals surface area contributed by atoms with Gasteiger partial charge in [0.15, 0.2) is 11.3 Å². The molecule has 0 aromatic heterocycles. The molecule has 66 valence electrons. The zero-order chi connectivity index (χ0) is 9.68. The molecular formula is C9H9N3S. The van der Waals surface area contributed by atoms with Crippen LogP contribution in [0, 0.1) is 11.5 Å². The smallest absolute Gasteiger partial charge is 0.191 e. The Morgan fingerprint density at radius 2 is 2.08 bits per heavy atom. The molecule has 0 atom stereocenters. The van der Waals surface area contributed by atoms with Gasteiger partial charge in [0.1, 0.15) is 0 Å². The molecule has 0 fully saturated rings. The molecule has 1 aromatic carbocycles. The molecule has 4 heteroatoms. The Labute approximate surface area is 82.6 Å². The van der Waals surface area contributed by atoms with Crippen molar-refractivity contribution in [2.45, 2.75) is 0 Å². The first-order valence-corrected chi connectivity index (χ1v) is 4.17. The predicted molar refractivity (Wildman–Crippen MR) is 56.2 cm³/mol. The van der Waals surface area contributed by atoms with Crippen molar-refractivity contribution in [1.29, 1.82) is 5.26 Å². The van der Waals surface area contributed by atoms with Gasteiger partial charge in [0.2, 0.25) is 0 Å². The molecule has 0 radical (unpaired) electrons. The lowest BCUT2D eigenvalue weighted by molar-refractivity contribution is 1.15. The molecule has 0 aliphatic heterocycles. The van der Waals surface area contributed by atoms with Crippen molar-refractivity contribution in [3.05, 3.63) is 30.3 Å². The third kappa shape index (κ3) is 2.17. The van der Waals surface area contributed by atoms with Crippen LogP contribution in [0.2, 0.25) is 0 Å². The lowest BCUT2D eigenvalue weighted by Gasteiger charge is -2.15. The van der Waals surface area contributed by atoms with Crippen LogP contribution in [-0.4, -0.2) is 12.2 Å². The Balaban J connectivity index is 2.93. The number of anilines is 1. The van der Waals surface area contributed by atoms with Crippen LogP contribution in [-0.2, 0) is 0 Å². The van der Waals surface area contributed by atoms with E-state index in [1.54, 1.807) is 7.05 Å². The molecule has 3 nitrogen and oxygen atoms in total. The third-order valence-corrected chi connectivity index (χ3v) is 1.92. The summed E-state index contributed by atoms with van der Waals surface area (Å²) in [5.41, 5.74) is 0.768. The van der Waals surface area contributed by atoms with Gasteiger partial charge in [0, 0.05) is 7.05 Å². The second kappa shape index (κ2) is 4.43. The van der Waals surface area contributed by atoms with Crippen molar-refractivity contribution in [3.63, 3.8) is 0 Å². The highest BCUT2D eigenvalue weighted by molar-refractivity contribution is 7.80. The largest absolute Gasteiger partial charge is 0.365 e. The van der Waals surface area contributed by atoms with Crippen molar-refractivity contribution < 1.29 is 0 Å². The van der Waals surface area contributed by atoms with E-state index in [2.05, 4.69) is 5.32 Å². The van der Waals surface area contributed by atoms with E-state index < -0.39 is 0 Å². The van der Waals surface area contributed by atoms with E-state index in [0.717, 1.165) is 5.69 Å². The van der Waals surface area contributed by atoms with Crippen molar-refractivity contribution in [2.75, 3.05) is 11.9 Å². The van der Waals surface area contributed by atoms with E-state index in [-0.39, 0.29) is 0 Å². The molecule has 13 heavy (non-hydrogen) atoms. The summed E-state index contributed by atoms with van der Waals surface area (Å²) in [7, 11) is 1.69. The summed E-state index contributed by atoms with van der Waals surface area (Å²) in [6.07, 6.45) is 2.00. The van der Waals surface area contributed by atoms with Crippen LogP contribution >= 0.6 is 12.2 Å². The van der Waals surface area contributed by atoms with Gasteiger partial charge in [0.05, 0.1) is 5.69 Å². The molecule has 1 N–H and O–H groups in total. The van der Waals surface area contributed by atoms with Crippen molar-refractivity contribution in [1.82, 2.24) is 5.32 Å². The number of nitrogens with zero attached hydrogens (tertiary/aromatic N) is 2. The maximum Gasteiger partial charge on any atom is 0.191 e. The predicted octanol–water partition coefficient (Wildman–Crippen LogP) is 1.48. The minimum Gasteiger partial charge on any atom is -0.365 e. The number of rotatable bonds is 1. The first-order valence-electron chi connectivity index (χ1n) is 3.76. The Morgan fingerprint density at radius 1 is 1.46 bits per heavy atom. The van der Waals surface area contributed by atoms with Gasteiger partial charge < -0.3 is 5.32 Å². The highest BCUT2D eigenvalue weighted by Crippen LogP contribution is 2.11. The summed E-state index contributed by atoms with van der Waals surface area (Å²) in [5.74, 6) is 0. The van der Waals surface area contributed by atoms with Gasteiger partial charge >= 0.3 is 0 Å². The fraction of sp³-hybridized carbons (Fsp3) is 0.111. The van der Waals surface area contributed by atoms with E-state index in [1.165, 1.54) is 4.90 Å². The van der Waals surface area contributed by atoms with Crippen molar-refractivity contribution >= 4 is 23.0 Å². The van der Waals surface area contributed by atoms with Gasteiger partial charge in [-0.25, -0.2) is 4.90 Å². The van der Waals surface area contributed by atoms with Gasteiger partial charge in [-0.1, -0.05) is 18.2 Å². The fourth-order valence-corrected chi connectivity index (χ4v) is 1.06. The van der Waals surface area contributed by atoms with Gasteiger partial charge in [-0.15, -0.1) is 0 Å². The van der Waals surface area contributed by atoms with Gasteiger partial charge in [-0.3, -0.25) is 0 Å². The average Bonchev–Trinajstić information content (AvgIpc) is 2.20. The average molecular weight is 191 g/mol. The molecule has 0 spiro atoms. The third-order valence-electron chi connectivity index (χ3n) is 1.53. The van der Waals surface area contributed by atoms with E-state index in [4.69, 9.17) is 17.5 Å². The van der Waals surface area contributed by atoms with Crippen molar-refractivity contribution in [2.24, 2.45) is 0 Å². The maximum atomic E-state index is 8.83. The summed E-state index contributed by atoms with van der Waals surface area (Å²) >= 11 is 4.95. The standard InChI is InChI=1S/C9H9N3S/c1-11-9(13)12(7-10)8-5-3-2-4-6-8/h2-6H,1H3,(H,11,13). The molecule has 0 saturated heterocycles. The number of para-hydroxylation sites is 1. The van der Waals surface area contributed by atoms with Crippen molar-refractivity contribution in [3.8, 4) is 6.19 Å². The molecule has 1 aromatic rings. The molecule has 0 heterocycles. The minimum atomic E-state index is 0.397. The normalized spacial score (nSPS) is 8.62. The number of hydrogen-bond acceptors (Lipinski definition) is 2. The molecule has 0 amide bonds. The topological polar surface area (TPSA) is 39.1 Å². The molecular weight excluding hydrogens is 182 g/mol. The number of nitriles is 1. The Hall–Kier alpha value is -1.60. The van der Waals surface area contributed by atoms with Crippen LogP contribution in [0.25, 0.3) is 0 Å². The second-order valence-electron chi connectivity index (χ2n) is 2.33. The van der Waals surface area contributed by atoms with Crippen LogP contribution in [0.5, 0.6) is 0 Å². The molecule has 0 aliphatic rings. The zero-order valence-electron chi connectivity index (χ0n) is 7.19. The molecule has 0 unspecified atom stereocenters. The van der Waals surface area contributed by atoms with Crippen LogP contribution in [0.15, 0.2) is 30.3 Å². The van der Waals surface area contributed by atoms with E-state index in [1.807, 2.05) is 36.5 Å². The van der Waals surface area contributed by atoms with E-state index >= 15 is 0 Å². The number of benzene rings is 1. The molecule has 0 bridgehead atoms. The molecule has 0 aliphatic carbocycles. The summed E-state index contributed by atoms with van der Waals surface area (Å²) in [4.78, 5) is 1.36.